The van der Waals surface area contributed by atoms with E-state index in [0.29, 0.717) is 17.2 Å². The largest absolute Gasteiger partial charge is 0.494 e. The van der Waals surface area contributed by atoms with Crippen molar-refractivity contribution in [1.29, 1.82) is 0 Å². The fraction of sp³-hybridized carbons (Fsp3) is 0.500. The van der Waals surface area contributed by atoms with Gasteiger partial charge < -0.3 is 25.2 Å². The number of piperazine rings is 1. The highest BCUT2D eigenvalue weighted by Gasteiger charge is 2.27. The molecule has 3 aliphatic rings. The predicted molar refractivity (Wildman–Crippen MR) is 180 cm³/mol. The molecule has 2 saturated heterocycles. The summed E-state index contributed by atoms with van der Waals surface area (Å²) in [6.07, 6.45) is 9.15. The first kappa shape index (κ1) is 29.3. The number of nitrogens with zero attached hydrogens (tertiary/aromatic N) is 5. The van der Waals surface area contributed by atoms with E-state index in [9.17, 15) is 0 Å². The Balaban J connectivity index is 1.16. The summed E-state index contributed by atoms with van der Waals surface area (Å²) in [5.74, 6) is 2.19. The summed E-state index contributed by atoms with van der Waals surface area (Å²) in [4.78, 5) is 18.7. The van der Waals surface area contributed by atoms with Gasteiger partial charge >= 0.3 is 0 Å². The Morgan fingerprint density at radius 1 is 0.976 bits per heavy atom. The molecule has 10 heteroatoms. The van der Waals surface area contributed by atoms with Gasteiger partial charge in [-0.25, -0.2) is 4.98 Å². The highest BCUT2D eigenvalue weighted by Crippen LogP contribution is 2.37. The third kappa shape index (κ3) is 6.72. The van der Waals surface area contributed by atoms with Crippen LogP contribution in [0.2, 0.25) is 0 Å². The number of thioether (sulfide) groups is 1. The summed E-state index contributed by atoms with van der Waals surface area (Å²) in [6.45, 7) is 11.4. The van der Waals surface area contributed by atoms with Crippen molar-refractivity contribution in [1.82, 2.24) is 19.8 Å². The van der Waals surface area contributed by atoms with Gasteiger partial charge in [-0.2, -0.15) is 4.98 Å². The number of allylic oxidation sites excluding steroid dienone is 2. The summed E-state index contributed by atoms with van der Waals surface area (Å²) in [5, 5.41) is 9.70. The van der Waals surface area contributed by atoms with Crippen LogP contribution in [0.25, 0.3) is 10.2 Å². The van der Waals surface area contributed by atoms with Crippen LogP contribution in [0.15, 0.2) is 52.4 Å². The van der Waals surface area contributed by atoms with Crippen molar-refractivity contribution in [2.75, 3.05) is 69.0 Å². The first-order valence-electron chi connectivity index (χ1n) is 15.2. The second-order valence-corrected chi connectivity index (χ2v) is 14.2. The molecule has 0 bridgehead atoms. The van der Waals surface area contributed by atoms with Gasteiger partial charge in [0.25, 0.3) is 0 Å². The van der Waals surface area contributed by atoms with Crippen LogP contribution in [-0.4, -0.2) is 84.5 Å². The van der Waals surface area contributed by atoms with E-state index in [2.05, 4.69) is 88.0 Å². The minimum absolute atomic E-state index is 0.516. The maximum absolute atomic E-state index is 5.86. The lowest BCUT2D eigenvalue weighted by Gasteiger charge is -2.42. The van der Waals surface area contributed by atoms with E-state index in [1.54, 1.807) is 18.4 Å². The molecule has 0 atom stereocenters. The number of anilines is 4. The van der Waals surface area contributed by atoms with E-state index in [1.807, 2.05) is 11.8 Å². The predicted octanol–water partition coefficient (Wildman–Crippen LogP) is 6.77. The maximum Gasteiger partial charge on any atom is 0.229 e. The van der Waals surface area contributed by atoms with Crippen LogP contribution < -0.4 is 20.3 Å². The maximum atomic E-state index is 5.86. The summed E-state index contributed by atoms with van der Waals surface area (Å²) < 4.78 is 6.92. The lowest BCUT2D eigenvalue weighted by molar-refractivity contribution is 0.0982. The highest BCUT2D eigenvalue weighted by atomic mass is 32.2. The number of ether oxygens (including phenoxy) is 1. The van der Waals surface area contributed by atoms with Crippen LogP contribution >= 0.6 is 23.1 Å². The molecule has 3 aromatic rings. The van der Waals surface area contributed by atoms with Crippen molar-refractivity contribution in [2.24, 2.45) is 0 Å². The van der Waals surface area contributed by atoms with Crippen molar-refractivity contribution in [2.45, 2.75) is 50.8 Å². The standard InChI is InChI=1S/C32H43N7OS2/c1-22(2)42-29-8-6-5-7-26(29)33-31-30-27(13-20-41-30)35-32(36-31)34-25-10-9-24(21-28(25)40-4)38-14-11-23(12-15-38)39-18-16-37(3)17-19-39/h7-10,13,20-23H,5-6,11-12,14-19H2,1-4H3,(H2,33,34,35,36). The van der Waals surface area contributed by atoms with Crippen molar-refractivity contribution >= 4 is 56.5 Å². The van der Waals surface area contributed by atoms with Gasteiger partial charge in [0.15, 0.2) is 5.82 Å². The molecule has 0 amide bonds. The summed E-state index contributed by atoms with van der Waals surface area (Å²) in [5.41, 5.74) is 4.13. The first-order chi connectivity index (χ1) is 20.5. The molecule has 6 rings (SSSR count). The molecule has 0 radical (unpaired) electrons. The van der Waals surface area contributed by atoms with E-state index in [1.165, 1.54) is 49.6 Å². The Kier molecular flexibility index (Phi) is 9.23. The lowest BCUT2D eigenvalue weighted by Crippen LogP contribution is -2.52. The van der Waals surface area contributed by atoms with Gasteiger partial charge in [-0.1, -0.05) is 26.0 Å². The summed E-state index contributed by atoms with van der Waals surface area (Å²) >= 11 is 3.56. The third-order valence-electron chi connectivity index (χ3n) is 8.35. The number of nitrogens with one attached hydrogen (secondary N) is 2. The number of hydrogen-bond donors (Lipinski definition) is 2. The highest BCUT2D eigenvalue weighted by molar-refractivity contribution is 8.03. The zero-order valence-corrected chi connectivity index (χ0v) is 26.9. The smallest absolute Gasteiger partial charge is 0.229 e. The lowest BCUT2D eigenvalue weighted by atomic mass is 10.0. The van der Waals surface area contributed by atoms with Gasteiger partial charge in [-0.3, -0.25) is 4.90 Å². The Hall–Kier alpha value is -2.79. The molecule has 0 spiro atoms. The van der Waals surface area contributed by atoms with Crippen molar-refractivity contribution < 1.29 is 4.74 Å². The molecular formula is C32H43N7OS2. The topological polar surface area (TPSA) is 68.8 Å². The molecule has 8 nitrogen and oxygen atoms in total. The van der Waals surface area contributed by atoms with E-state index in [0.717, 1.165) is 59.1 Å². The minimum atomic E-state index is 0.516. The Labute approximate surface area is 258 Å². The zero-order chi connectivity index (χ0) is 29.1. The third-order valence-corrected chi connectivity index (χ3v) is 10.4. The van der Waals surface area contributed by atoms with Crippen molar-refractivity contribution in [3.63, 3.8) is 0 Å². The average molecular weight is 606 g/mol. The van der Waals surface area contributed by atoms with Crippen molar-refractivity contribution in [3.8, 4) is 5.75 Å². The van der Waals surface area contributed by atoms with E-state index in [4.69, 9.17) is 14.7 Å². The molecule has 4 heterocycles. The van der Waals surface area contributed by atoms with Crippen LogP contribution in [0.3, 0.4) is 0 Å². The van der Waals surface area contributed by atoms with Gasteiger partial charge in [0.05, 0.1) is 23.0 Å². The van der Waals surface area contributed by atoms with Crippen LogP contribution in [0, 0.1) is 0 Å². The number of hydrogen-bond acceptors (Lipinski definition) is 10. The number of fused-ring (bicyclic) bond motifs is 1. The normalized spacial score (nSPS) is 19.2. The van der Waals surface area contributed by atoms with Crippen LogP contribution in [0.5, 0.6) is 5.75 Å². The molecule has 2 N–H and O–H groups in total. The molecule has 1 aliphatic carbocycles. The fourth-order valence-corrected chi connectivity index (χ4v) is 7.80. The fourth-order valence-electron chi connectivity index (χ4n) is 6.04. The minimum Gasteiger partial charge on any atom is -0.494 e. The van der Waals surface area contributed by atoms with Gasteiger partial charge in [-0.05, 0) is 56.3 Å². The zero-order valence-electron chi connectivity index (χ0n) is 25.2. The number of methoxy groups -OCH3 is 1. The number of piperidine rings is 1. The Bertz CT molecular complexity index is 1440. The van der Waals surface area contributed by atoms with Crippen LogP contribution in [0.4, 0.5) is 23.1 Å². The van der Waals surface area contributed by atoms with Gasteiger partial charge in [0.1, 0.15) is 5.75 Å². The summed E-state index contributed by atoms with van der Waals surface area (Å²) in [6, 6.07) is 9.19. The Morgan fingerprint density at radius 3 is 2.52 bits per heavy atom. The average Bonchev–Trinajstić information content (AvgIpc) is 3.48. The molecule has 2 fully saturated rings. The molecule has 42 heavy (non-hydrogen) atoms. The SMILES string of the molecule is COc1cc(N2CCC(N3CCN(C)CC3)CC2)ccc1Nc1nc(NC2=CCCC=C2SC(C)C)c2sccc2n1. The molecule has 2 aliphatic heterocycles. The number of likely N-dealkylation sites (N-methyl/N-ethyl adjacent to an activating group) is 1. The molecule has 0 unspecified atom stereocenters. The summed E-state index contributed by atoms with van der Waals surface area (Å²) in [7, 11) is 3.96. The molecule has 224 valence electrons. The second-order valence-electron chi connectivity index (χ2n) is 11.7. The molecule has 2 aromatic heterocycles. The number of benzene rings is 1. The van der Waals surface area contributed by atoms with Crippen LogP contribution in [0.1, 0.15) is 39.5 Å². The van der Waals surface area contributed by atoms with Crippen molar-refractivity contribution in [3.05, 3.63) is 52.4 Å². The molecular weight excluding hydrogens is 563 g/mol. The van der Waals surface area contributed by atoms with Gasteiger partial charge in [0, 0.05) is 72.9 Å². The van der Waals surface area contributed by atoms with Gasteiger partial charge in [-0.15, -0.1) is 23.1 Å². The second kappa shape index (κ2) is 13.2. The number of aromatic nitrogens is 2. The monoisotopic (exact) mass is 605 g/mol. The molecule has 0 saturated carbocycles. The number of thiophene rings is 1. The van der Waals surface area contributed by atoms with E-state index < -0.39 is 0 Å². The quantitative estimate of drug-likeness (QED) is 0.275. The van der Waals surface area contributed by atoms with E-state index >= 15 is 0 Å². The van der Waals surface area contributed by atoms with E-state index in [-0.39, 0.29) is 0 Å². The number of rotatable bonds is 9. The first-order valence-corrected chi connectivity index (χ1v) is 16.9. The van der Waals surface area contributed by atoms with Crippen LogP contribution in [-0.2, 0) is 0 Å². The van der Waals surface area contributed by atoms with Gasteiger partial charge in [0.2, 0.25) is 5.95 Å². The molecule has 1 aromatic carbocycles. The Morgan fingerprint density at radius 2 is 1.76 bits per heavy atom.